The molecule has 2 rings (SSSR count). The van der Waals surface area contributed by atoms with E-state index in [2.05, 4.69) is 0 Å². The van der Waals surface area contributed by atoms with Crippen LogP contribution in [-0.4, -0.2) is 16.1 Å². The number of hydrogen-bond donors (Lipinski definition) is 1. The van der Waals surface area contributed by atoms with Crippen LogP contribution in [0.3, 0.4) is 0 Å². The molecule has 0 amide bonds. The maximum absolute atomic E-state index is 11.4. The van der Waals surface area contributed by atoms with Gasteiger partial charge in [0.05, 0.1) is 0 Å². The number of nitrogens with zero attached hydrogens (tertiary/aromatic N) is 1. The van der Waals surface area contributed by atoms with Crippen molar-refractivity contribution in [3.8, 4) is 0 Å². The molecule has 2 aromatic carbocycles. The van der Waals surface area contributed by atoms with E-state index in [1.54, 1.807) is 4.90 Å². The predicted octanol–water partition coefficient (Wildman–Crippen LogP) is 3.86. The predicted molar refractivity (Wildman–Crippen MR) is 76.9 cm³/mol. The fourth-order valence-electron chi connectivity index (χ4n) is 1.88. The Hall–Kier alpha value is -2.00. The number of rotatable bonds is 4. The molecule has 98 valence electrons. The zero-order valence-electron chi connectivity index (χ0n) is 10.5. The summed E-state index contributed by atoms with van der Waals surface area (Å²) in [6.45, 7) is 1.47. The molecule has 1 N–H and O–H groups in total. The van der Waals surface area contributed by atoms with Gasteiger partial charge in [-0.15, -0.1) is 0 Å². The zero-order valence-corrected chi connectivity index (χ0v) is 11.2. The number of aliphatic carboxylic acids is 1. The number of carboxylic acid groups (broad SMARTS) is 1. The lowest BCUT2D eigenvalue weighted by molar-refractivity contribution is -0.139. The van der Waals surface area contributed by atoms with Crippen LogP contribution in [0, 0.1) is 0 Å². The van der Waals surface area contributed by atoms with Crippen LogP contribution < -0.4 is 4.90 Å². The number of benzene rings is 2. The summed E-state index contributed by atoms with van der Waals surface area (Å²) in [5.41, 5.74) is 1.46. The first-order valence-electron chi connectivity index (χ1n) is 5.86. The van der Waals surface area contributed by atoms with E-state index in [0.717, 1.165) is 11.4 Å². The van der Waals surface area contributed by atoms with Gasteiger partial charge in [0.2, 0.25) is 5.00 Å². The Kier molecular flexibility index (Phi) is 3.76. The van der Waals surface area contributed by atoms with E-state index in [-0.39, 0.29) is 0 Å². The van der Waals surface area contributed by atoms with Crippen molar-refractivity contribution in [2.24, 2.45) is 0 Å². The van der Waals surface area contributed by atoms with E-state index < -0.39 is 11.0 Å². The van der Waals surface area contributed by atoms with E-state index in [1.165, 1.54) is 6.92 Å². The lowest BCUT2D eigenvalue weighted by Gasteiger charge is -2.35. The summed E-state index contributed by atoms with van der Waals surface area (Å²) in [6.07, 6.45) is 0. The van der Waals surface area contributed by atoms with E-state index in [0.29, 0.717) is 0 Å². The molecule has 0 aliphatic rings. The van der Waals surface area contributed by atoms with Crippen molar-refractivity contribution in [1.82, 2.24) is 0 Å². The van der Waals surface area contributed by atoms with Crippen LogP contribution in [0.1, 0.15) is 6.92 Å². The van der Waals surface area contributed by atoms with Gasteiger partial charge in [-0.3, -0.25) is 0 Å². The third kappa shape index (κ3) is 2.71. The van der Waals surface area contributed by atoms with Crippen LogP contribution in [-0.2, 0) is 4.79 Å². The number of hydrogen-bond acceptors (Lipinski definition) is 2. The Morgan fingerprint density at radius 3 is 1.68 bits per heavy atom. The van der Waals surface area contributed by atoms with Gasteiger partial charge in [-0.2, -0.15) is 0 Å². The maximum atomic E-state index is 11.4. The molecule has 4 heteroatoms. The molecule has 3 nitrogen and oxygen atoms in total. The Morgan fingerprint density at radius 1 is 1.00 bits per heavy atom. The molecule has 1 unspecified atom stereocenters. The fraction of sp³-hybridized carbons (Fsp3) is 0.133. The van der Waals surface area contributed by atoms with Gasteiger partial charge in [-0.05, 0) is 31.2 Å². The van der Waals surface area contributed by atoms with Crippen molar-refractivity contribution in [3.63, 3.8) is 0 Å². The standard InChI is InChI=1S/C15H14ClNO2/c1-15(16,14(18)19)17(12-8-4-2-5-9-12)13-10-6-3-7-11-13/h2-11H,1H3,(H,18,19). The molecule has 0 fully saturated rings. The second kappa shape index (κ2) is 5.33. The third-order valence-corrected chi connectivity index (χ3v) is 3.17. The normalized spacial score (nSPS) is 13.6. The van der Waals surface area contributed by atoms with Crippen LogP contribution >= 0.6 is 11.6 Å². The maximum Gasteiger partial charge on any atom is 0.345 e. The van der Waals surface area contributed by atoms with Crippen LogP contribution in [0.4, 0.5) is 11.4 Å². The average Bonchev–Trinajstić information content (AvgIpc) is 2.41. The number of alkyl halides is 1. The molecule has 0 spiro atoms. The van der Waals surface area contributed by atoms with Gasteiger partial charge in [0.15, 0.2) is 0 Å². The highest BCUT2D eigenvalue weighted by atomic mass is 35.5. The van der Waals surface area contributed by atoms with Gasteiger partial charge in [-0.25, -0.2) is 4.79 Å². The number of para-hydroxylation sites is 2. The second-order valence-corrected chi connectivity index (χ2v) is 5.00. The molecule has 1 atom stereocenters. The van der Waals surface area contributed by atoms with Gasteiger partial charge in [0.25, 0.3) is 0 Å². The Bertz CT molecular complexity index is 515. The third-order valence-electron chi connectivity index (χ3n) is 2.84. The molecule has 0 bridgehead atoms. The first kappa shape index (κ1) is 13.4. The molecule has 2 aromatic rings. The minimum absolute atomic E-state index is 0.730. The van der Waals surface area contributed by atoms with Crippen molar-refractivity contribution < 1.29 is 9.90 Å². The Balaban J connectivity index is 2.55. The van der Waals surface area contributed by atoms with Gasteiger partial charge >= 0.3 is 5.97 Å². The minimum Gasteiger partial charge on any atom is -0.479 e. The molecule has 0 aliphatic heterocycles. The highest BCUT2D eigenvalue weighted by molar-refractivity contribution is 6.35. The summed E-state index contributed by atoms with van der Waals surface area (Å²) < 4.78 is 0. The highest BCUT2D eigenvalue weighted by Gasteiger charge is 2.38. The largest absolute Gasteiger partial charge is 0.479 e. The number of halogens is 1. The van der Waals surface area contributed by atoms with Crippen molar-refractivity contribution in [2.45, 2.75) is 11.9 Å². The topological polar surface area (TPSA) is 40.5 Å². The molecule has 0 aliphatic carbocycles. The summed E-state index contributed by atoms with van der Waals surface area (Å²) in [5.74, 6) is -1.10. The lowest BCUT2D eigenvalue weighted by Crippen LogP contribution is -2.45. The minimum atomic E-state index is -1.55. The summed E-state index contributed by atoms with van der Waals surface area (Å²) in [6, 6.07) is 18.5. The zero-order chi connectivity index (χ0) is 13.9. The van der Waals surface area contributed by atoms with Crippen LogP contribution in [0.15, 0.2) is 60.7 Å². The average molecular weight is 276 g/mol. The molecular formula is C15H14ClNO2. The van der Waals surface area contributed by atoms with E-state index in [4.69, 9.17) is 11.6 Å². The second-order valence-electron chi connectivity index (χ2n) is 4.27. The van der Waals surface area contributed by atoms with Gasteiger partial charge in [0, 0.05) is 11.4 Å². The summed E-state index contributed by atoms with van der Waals surface area (Å²) in [5, 5.41) is 9.36. The Morgan fingerprint density at radius 2 is 1.37 bits per heavy atom. The van der Waals surface area contributed by atoms with Gasteiger partial charge in [-0.1, -0.05) is 48.0 Å². The molecular weight excluding hydrogens is 262 g/mol. The SMILES string of the molecule is CC(Cl)(C(=O)O)N(c1ccccc1)c1ccccc1. The molecule has 19 heavy (non-hydrogen) atoms. The highest BCUT2D eigenvalue weighted by Crippen LogP contribution is 2.35. The van der Waals surface area contributed by atoms with Crippen LogP contribution in [0.5, 0.6) is 0 Å². The Labute approximate surface area is 117 Å². The quantitative estimate of drug-likeness (QED) is 0.680. The first-order chi connectivity index (χ1) is 9.03. The lowest BCUT2D eigenvalue weighted by atomic mass is 10.1. The molecule has 0 aromatic heterocycles. The van der Waals surface area contributed by atoms with Gasteiger partial charge in [0.1, 0.15) is 0 Å². The van der Waals surface area contributed by atoms with E-state index in [1.807, 2.05) is 60.7 Å². The number of carboxylic acids is 1. The fourth-order valence-corrected chi connectivity index (χ4v) is 2.08. The molecule has 0 radical (unpaired) electrons. The van der Waals surface area contributed by atoms with Crippen LogP contribution in [0.25, 0.3) is 0 Å². The number of carbonyl (C=O) groups is 1. The first-order valence-corrected chi connectivity index (χ1v) is 6.24. The van der Waals surface area contributed by atoms with Crippen molar-refractivity contribution in [3.05, 3.63) is 60.7 Å². The monoisotopic (exact) mass is 275 g/mol. The van der Waals surface area contributed by atoms with Gasteiger partial charge < -0.3 is 10.0 Å². The molecule has 0 saturated carbocycles. The number of anilines is 2. The molecule has 0 heterocycles. The van der Waals surface area contributed by atoms with Crippen molar-refractivity contribution >= 4 is 28.9 Å². The van der Waals surface area contributed by atoms with Crippen molar-refractivity contribution in [1.29, 1.82) is 0 Å². The summed E-state index contributed by atoms with van der Waals surface area (Å²) in [7, 11) is 0. The smallest absolute Gasteiger partial charge is 0.345 e. The summed E-state index contributed by atoms with van der Waals surface area (Å²) in [4.78, 5) is 11.5. The van der Waals surface area contributed by atoms with Crippen molar-refractivity contribution in [2.75, 3.05) is 4.90 Å². The van der Waals surface area contributed by atoms with E-state index >= 15 is 0 Å². The van der Waals surface area contributed by atoms with E-state index in [9.17, 15) is 9.90 Å². The molecule has 0 saturated heterocycles. The van der Waals surface area contributed by atoms with Crippen LogP contribution in [0.2, 0.25) is 0 Å². The summed E-state index contributed by atoms with van der Waals surface area (Å²) >= 11 is 6.23.